The first-order valence-corrected chi connectivity index (χ1v) is 15.7. The van der Waals surface area contributed by atoms with Crippen LogP contribution in [0.2, 0.25) is 0 Å². The maximum atomic E-state index is 14.0. The van der Waals surface area contributed by atoms with Crippen LogP contribution in [0.15, 0.2) is 48.5 Å². The van der Waals surface area contributed by atoms with E-state index in [0.717, 1.165) is 75.0 Å². The SMILES string of the molecule is CC(=O)O.N=C(N)c1ccc(CNC(=O)[C@@H](NC(=O)[C@H](Cc2ccc(CN)cc2)C2CCCCC2)C2CCCCC2)cc1. The molecule has 0 saturated heterocycles. The van der Waals surface area contributed by atoms with Gasteiger partial charge in [-0.1, -0.05) is 87.1 Å². The Morgan fingerprint density at radius 1 is 0.814 bits per heavy atom. The second-order valence-electron chi connectivity index (χ2n) is 12.0. The quantitative estimate of drug-likeness (QED) is 0.164. The fraction of sp³-hybridized carbons (Fsp3) is 0.529. The van der Waals surface area contributed by atoms with Gasteiger partial charge in [0.1, 0.15) is 11.9 Å². The van der Waals surface area contributed by atoms with Gasteiger partial charge in [0.05, 0.1) is 0 Å². The van der Waals surface area contributed by atoms with Crippen LogP contribution in [0.5, 0.6) is 0 Å². The Labute approximate surface area is 255 Å². The van der Waals surface area contributed by atoms with Crippen molar-refractivity contribution in [2.24, 2.45) is 29.2 Å². The van der Waals surface area contributed by atoms with Crippen LogP contribution in [-0.2, 0) is 33.9 Å². The molecule has 2 amide bonds. The van der Waals surface area contributed by atoms with Gasteiger partial charge in [-0.3, -0.25) is 19.8 Å². The number of hydrogen-bond acceptors (Lipinski definition) is 5. The van der Waals surface area contributed by atoms with Gasteiger partial charge in [0.25, 0.3) is 5.97 Å². The molecule has 2 aromatic rings. The van der Waals surface area contributed by atoms with Crippen LogP contribution in [-0.4, -0.2) is 34.8 Å². The molecule has 8 N–H and O–H groups in total. The van der Waals surface area contributed by atoms with Gasteiger partial charge in [-0.25, -0.2) is 0 Å². The van der Waals surface area contributed by atoms with Crippen molar-refractivity contribution in [2.75, 3.05) is 0 Å². The number of nitrogens with two attached hydrogens (primary N) is 2. The first-order chi connectivity index (χ1) is 20.7. The number of amides is 2. The largest absolute Gasteiger partial charge is 0.481 e. The molecule has 2 atom stereocenters. The van der Waals surface area contributed by atoms with E-state index in [-0.39, 0.29) is 29.5 Å². The zero-order valence-electron chi connectivity index (χ0n) is 25.4. The maximum absolute atomic E-state index is 14.0. The minimum atomic E-state index is -0.833. The standard InChI is InChI=1S/C32H45N5O2.C2H4O2/c33-20-23-13-11-22(12-14-23)19-28(25-7-3-1-4-8-25)31(38)37-29(26-9-5-2-6-10-26)32(39)36-21-24-15-17-27(18-16-24)30(34)35;1-2(3)4/h11-18,25-26,28-29H,1-10,19-21,33H2,(H3,34,35)(H,36,39)(H,37,38);1H3,(H,3,4)/t28-,29+;/m1./s1. The molecule has 0 spiro atoms. The number of hydrogen-bond donors (Lipinski definition) is 6. The third kappa shape index (κ3) is 11.1. The third-order valence-electron chi connectivity index (χ3n) is 8.70. The molecule has 2 aliphatic rings. The van der Waals surface area contributed by atoms with E-state index >= 15 is 0 Å². The molecule has 0 radical (unpaired) electrons. The predicted octanol–water partition coefficient (Wildman–Crippen LogP) is 4.64. The van der Waals surface area contributed by atoms with Crippen molar-refractivity contribution in [3.63, 3.8) is 0 Å². The summed E-state index contributed by atoms with van der Waals surface area (Å²) >= 11 is 0. The van der Waals surface area contributed by atoms with E-state index in [1.807, 2.05) is 24.3 Å². The van der Waals surface area contributed by atoms with Crippen LogP contribution < -0.4 is 22.1 Å². The first kappa shape index (κ1) is 33.8. The minimum absolute atomic E-state index is 0.0151. The van der Waals surface area contributed by atoms with Crippen LogP contribution in [0, 0.1) is 23.2 Å². The molecule has 43 heavy (non-hydrogen) atoms. The van der Waals surface area contributed by atoms with Crippen LogP contribution >= 0.6 is 0 Å². The summed E-state index contributed by atoms with van der Waals surface area (Å²) in [5, 5.41) is 21.3. The zero-order valence-corrected chi connectivity index (χ0v) is 25.4. The lowest BCUT2D eigenvalue weighted by molar-refractivity contribution is -0.134. The highest BCUT2D eigenvalue weighted by Gasteiger charge is 2.35. The van der Waals surface area contributed by atoms with E-state index in [9.17, 15) is 9.59 Å². The van der Waals surface area contributed by atoms with E-state index in [4.69, 9.17) is 26.8 Å². The predicted molar refractivity (Wildman–Crippen MR) is 169 cm³/mol. The number of carboxylic acids is 1. The fourth-order valence-corrected chi connectivity index (χ4v) is 6.30. The molecular formula is C34H49N5O4. The third-order valence-corrected chi connectivity index (χ3v) is 8.70. The van der Waals surface area contributed by atoms with Crippen LogP contribution in [0.3, 0.4) is 0 Å². The van der Waals surface area contributed by atoms with Crippen molar-refractivity contribution >= 4 is 23.6 Å². The average Bonchev–Trinajstić information content (AvgIpc) is 3.02. The van der Waals surface area contributed by atoms with Gasteiger partial charge in [0.15, 0.2) is 0 Å². The van der Waals surface area contributed by atoms with Gasteiger partial charge in [-0.2, -0.15) is 0 Å². The number of benzene rings is 2. The lowest BCUT2D eigenvalue weighted by atomic mass is 9.76. The van der Waals surface area contributed by atoms with E-state index in [2.05, 4.69) is 22.8 Å². The summed E-state index contributed by atoms with van der Waals surface area (Å²) in [4.78, 5) is 36.5. The van der Waals surface area contributed by atoms with Crippen molar-refractivity contribution in [1.82, 2.24) is 10.6 Å². The van der Waals surface area contributed by atoms with Crippen LogP contribution in [0.4, 0.5) is 0 Å². The average molecular weight is 592 g/mol. The Morgan fingerprint density at radius 3 is 1.81 bits per heavy atom. The lowest BCUT2D eigenvalue weighted by Gasteiger charge is -2.34. The van der Waals surface area contributed by atoms with Gasteiger partial charge >= 0.3 is 0 Å². The molecule has 4 rings (SSSR count). The molecule has 0 unspecified atom stereocenters. The van der Waals surface area contributed by atoms with Crippen molar-refractivity contribution in [1.29, 1.82) is 5.41 Å². The highest BCUT2D eigenvalue weighted by Crippen LogP contribution is 2.33. The van der Waals surface area contributed by atoms with Gasteiger partial charge in [0.2, 0.25) is 11.8 Å². The summed E-state index contributed by atoms with van der Waals surface area (Å²) in [5.41, 5.74) is 15.2. The lowest BCUT2D eigenvalue weighted by Crippen LogP contribution is -2.53. The molecule has 2 fully saturated rings. The second-order valence-corrected chi connectivity index (χ2v) is 12.0. The van der Waals surface area contributed by atoms with Crippen LogP contribution in [0.1, 0.15) is 93.4 Å². The summed E-state index contributed by atoms with van der Waals surface area (Å²) in [6.45, 7) is 1.96. The van der Waals surface area contributed by atoms with Gasteiger partial charge in [-0.15, -0.1) is 0 Å². The Balaban J connectivity index is 0.00000119. The molecule has 9 heteroatoms. The number of aliphatic carboxylic acids is 1. The maximum Gasteiger partial charge on any atom is 0.300 e. The van der Waals surface area contributed by atoms with E-state index < -0.39 is 12.0 Å². The molecule has 2 aliphatic carbocycles. The highest BCUT2D eigenvalue weighted by atomic mass is 16.4. The molecule has 0 bridgehead atoms. The van der Waals surface area contributed by atoms with E-state index in [0.29, 0.717) is 31.0 Å². The number of nitrogens with one attached hydrogen (secondary N) is 3. The molecular weight excluding hydrogens is 542 g/mol. The molecule has 0 aliphatic heterocycles. The Hall–Kier alpha value is -3.72. The molecule has 2 aromatic carbocycles. The summed E-state index contributed by atoms with van der Waals surface area (Å²) in [6.07, 6.45) is 11.7. The number of carboxylic acid groups (broad SMARTS) is 1. The molecule has 0 aromatic heterocycles. The monoisotopic (exact) mass is 591 g/mol. The van der Waals surface area contributed by atoms with Gasteiger partial charge in [-0.05, 0) is 60.6 Å². The smallest absolute Gasteiger partial charge is 0.300 e. The number of carbonyl (C=O) groups excluding carboxylic acids is 2. The molecule has 2 saturated carbocycles. The Bertz CT molecular complexity index is 1180. The summed E-state index contributed by atoms with van der Waals surface area (Å²) < 4.78 is 0. The molecule has 0 heterocycles. The first-order valence-electron chi connectivity index (χ1n) is 15.7. The topological polar surface area (TPSA) is 171 Å². The number of rotatable bonds is 11. The van der Waals surface area contributed by atoms with Gasteiger partial charge < -0.3 is 27.2 Å². The Kier molecular flexibility index (Phi) is 13.7. The number of nitrogen functional groups attached to an aromatic ring is 1. The highest BCUT2D eigenvalue weighted by molar-refractivity contribution is 5.95. The summed E-state index contributed by atoms with van der Waals surface area (Å²) in [7, 11) is 0. The van der Waals surface area contributed by atoms with E-state index in [1.165, 1.54) is 12.8 Å². The molecule has 9 nitrogen and oxygen atoms in total. The van der Waals surface area contributed by atoms with Gasteiger partial charge in [0, 0.05) is 31.5 Å². The van der Waals surface area contributed by atoms with Crippen molar-refractivity contribution < 1.29 is 19.5 Å². The Morgan fingerprint density at radius 2 is 1.30 bits per heavy atom. The van der Waals surface area contributed by atoms with E-state index in [1.54, 1.807) is 12.1 Å². The number of carbonyl (C=O) groups is 3. The number of amidine groups is 1. The normalized spacial score (nSPS) is 17.1. The van der Waals surface area contributed by atoms with Crippen molar-refractivity contribution in [2.45, 2.75) is 96.7 Å². The van der Waals surface area contributed by atoms with Crippen molar-refractivity contribution in [3.8, 4) is 0 Å². The second kappa shape index (κ2) is 17.4. The fourth-order valence-electron chi connectivity index (χ4n) is 6.30. The van der Waals surface area contributed by atoms with Crippen molar-refractivity contribution in [3.05, 3.63) is 70.8 Å². The summed E-state index contributed by atoms with van der Waals surface area (Å²) in [5.74, 6) is -0.566. The minimum Gasteiger partial charge on any atom is -0.481 e. The van der Waals surface area contributed by atoms with Crippen LogP contribution in [0.25, 0.3) is 0 Å². The summed E-state index contributed by atoms with van der Waals surface area (Å²) in [6, 6.07) is 15.1. The molecule has 234 valence electrons. The zero-order chi connectivity index (χ0) is 31.2.